The molecule has 1 rings (SSSR count). The van der Waals surface area contributed by atoms with Crippen molar-refractivity contribution in [1.82, 2.24) is 4.90 Å². The van der Waals surface area contributed by atoms with E-state index in [0.29, 0.717) is 11.3 Å². The highest BCUT2D eigenvalue weighted by molar-refractivity contribution is 6.17. The van der Waals surface area contributed by atoms with Gasteiger partial charge in [0.25, 0.3) is 0 Å². The Morgan fingerprint density at radius 2 is 1.70 bits per heavy atom. The number of rotatable bonds is 6. The van der Waals surface area contributed by atoms with Crippen molar-refractivity contribution in [3.05, 3.63) is 0 Å². The molecule has 0 radical (unpaired) electrons. The maximum absolute atomic E-state index is 12.4. The summed E-state index contributed by atoms with van der Waals surface area (Å²) in [7, 11) is 1.96. The number of hydrogen-bond acceptors (Lipinski definition) is 1. The fourth-order valence-corrected chi connectivity index (χ4v) is 3.44. The van der Waals surface area contributed by atoms with E-state index in [0.717, 1.165) is 50.4 Å². The summed E-state index contributed by atoms with van der Waals surface area (Å²) in [6, 6.07) is 0. The van der Waals surface area contributed by atoms with E-state index in [1.807, 2.05) is 11.9 Å². The summed E-state index contributed by atoms with van der Waals surface area (Å²) >= 11 is 5.67. The molecule has 3 heteroatoms. The smallest absolute Gasteiger partial charge is 0.225 e. The Kier molecular flexibility index (Phi) is 7.36. The van der Waals surface area contributed by atoms with E-state index >= 15 is 0 Å². The van der Waals surface area contributed by atoms with Crippen LogP contribution in [0.1, 0.15) is 65.7 Å². The number of amides is 1. The van der Waals surface area contributed by atoms with E-state index in [4.69, 9.17) is 11.6 Å². The van der Waals surface area contributed by atoms with Gasteiger partial charge in [0.15, 0.2) is 0 Å². The Morgan fingerprint density at radius 1 is 1.10 bits per heavy atom. The molecule has 0 N–H and O–H groups in total. The number of carbonyl (C=O) groups is 1. The van der Waals surface area contributed by atoms with Crippen LogP contribution < -0.4 is 0 Å². The zero-order valence-corrected chi connectivity index (χ0v) is 14.5. The Balaban J connectivity index is 2.31. The molecule has 0 aromatic heterocycles. The predicted octanol–water partition coefficient (Wildman–Crippen LogP) is 4.71. The summed E-state index contributed by atoms with van der Waals surface area (Å²) in [5.74, 6) is 2.14. The SMILES string of the molecule is CN(CCCCCCl)C(=O)C1CCC(C(C)(C)C)CC1. The molecule has 1 aliphatic rings. The van der Waals surface area contributed by atoms with Crippen LogP contribution in [0.3, 0.4) is 0 Å². The third-order valence-corrected chi connectivity index (χ3v) is 5.07. The van der Waals surface area contributed by atoms with Crippen LogP contribution in [0.2, 0.25) is 0 Å². The lowest BCUT2D eigenvalue weighted by Crippen LogP contribution is -2.37. The second-order valence-electron chi connectivity index (χ2n) is 7.42. The number of nitrogens with zero attached hydrogens (tertiary/aromatic N) is 1. The van der Waals surface area contributed by atoms with Crippen molar-refractivity contribution in [2.45, 2.75) is 65.7 Å². The molecule has 1 amide bonds. The number of carbonyl (C=O) groups excluding carboxylic acids is 1. The zero-order chi connectivity index (χ0) is 15.2. The van der Waals surface area contributed by atoms with Crippen molar-refractivity contribution in [3.8, 4) is 0 Å². The molecular weight excluding hydrogens is 270 g/mol. The summed E-state index contributed by atoms with van der Waals surface area (Å²) in [5.41, 5.74) is 0.390. The van der Waals surface area contributed by atoms with Gasteiger partial charge in [-0.2, -0.15) is 0 Å². The van der Waals surface area contributed by atoms with Crippen LogP contribution in [0.25, 0.3) is 0 Å². The Hall–Kier alpha value is -0.240. The van der Waals surface area contributed by atoms with E-state index < -0.39 is 0 Å². The van der Waals surface area contributed by atoms with Gasteiger partial charge in [-0.05, 0) is 49.9 Å². The lowest BCUT2D eigenvalue weighted by molar-refractivity contribution is -0.135. The highest BCUT2D eigenvalue weighted by Crippen LogP contribution is 2.40. The van der Waals surface area contributed by atoms with Crippen LogP contribution in [0.4, 0.5) is 0 Å². The minimum Gasteiger partial charge on any atom is -0.346 e. The van der Waals surface area contributed by atoms with Crippen LogP contribution in [0.5, 0.6) is 0 Å². The van der Waals surface area contributed by atoms with Gasteiger partial charge in [0.2, 0.25) is 5.91 Å². The first kappa shape index (κ1) is 17.8. The monoisotopic (exact) mass is 301 g/mol. The normalized spacial score (nSPS) is 23.6. The number of hydrogen-bond donors (Lipinski definition) is 0. The summed E-state index contributed by atoms with van der Waals surface area (Å²) in [4.78, 5) is 14.4. The Bertz CT molecular complexity index is 290. The molecule has 2 nitrogen and oxygen atoms in total. The molecule has 1 saturated carbocycles. The lowest BCUT2D eigenvalue weighted by Gasteiger charge is -2.37. The van der Waals surface area contributed by atoms with Gasteiger partial charge in [0.05, 0.1) is 0 Å². The number of unbranched alkanes of at least 4 members (excludes halogenated alkanes) is 2. The van der Waals surface area contributed by atoms with Crippen LogP contribution >= 0.6 is 11.6 Å². The lowest BCUT2D eigenvalue weighted by atomic mass is 9.69. The second-order valence-corrected chi connectivity index (χ2v) is 7.80. The molecule has 118 valence electrons. The highest BCUT2D eigenvalue weighted by atomic mass is 35.5. The van der Waals surface area contributed by atoms with E-state index in [2.05, 4.69) is 20.8 Å². The van der Waals surface area contributed by atoms with Crippen molar-refractivity contribution in [3.63, 3.8) is 0 Å². The molecule has 1 fully saturated rings. The van der Waals surface area contributed by atoms with Gasteiger partial charge in [-0.15, -0.1) is 11.6 Å². The zero-order valence-electron chi connectivity index (χ0n) is 13.8. The van der Waals surface area contributed by atoms with Gasteiger partial charge < -0.3 is 4.90 Å². The van der Waals surface area contributed by atoms with Crippen molar-refractivity contribution >= 4 is 17.5 Å². The molecule has 0 aromatic carbocycles. The standard InChI is InChI=1S/C17H32ClNO/c1-17(2,3)15-10-8-14(9-11-15)16(20)19(4)13-7-5-6-12-18/h14-15H,5-13H2,1-4H3. The summed E-state index contributed by atoms with van der Waals surface area (Å²) in [6.07, 6.45) is 7.82. The maximum atomic E-state index is 12.4. The Morgan fingerprint density at radius 3 is 2.20 bits per heavy atom. The Labute approximate surface area is 130 Å². The summed E-state index contributed by atoms with van der Waals surface area (Å²) in [6.45, 7) is 7.85. The molecule has 0 saturated heterocycles. The molecule has 0 unspecified atom stereocenters. The third kappa shape index (κ3) is 5.63. The van der Waals surface area contributed by atoms with Gasteiger partial charge in [0, 0.05) is 25.4 Å². The van der Waals surface area contributed by atoms with Gasteiger partial charge >= 0.3 is 0 Å². The van der Waals surface area contributed by atoms with Crippen molar-refractivity contribution in [2.24, 2.45) is 17.3 Å². The number of halogens is 1. The average Bonchev–Trinajstić information content (AvgIpc) is 2.41. The quantitative estimate of drug-likeness (QED) is 0.514. The molecule has 20 heavy (non-hydrogen) atoms. The fraction of sp³-hybridized carbons (Fsp3) is 0.941. The highest BCUT2D eigenvalue weighted by Gasteiger charge is 2.33. The second kappa shape index (κ2) is 8.26. The number of alkyl halides is 1. The fourth-order valence-electron chi connectivity index (χ4n) is 3.25. The van der Waals surface area contributed by atoms with Crippen LogP contribution in [0.15, 0.2) is 0 Å². The van der Waals surface area contributed by atoms with Gasteiger partial charge in [0.1, 0.15) is 0 Å². The van der Waals surface area contributed by atoms with Crippen LogP contribution in [-0.2, 0) is 4.79 Å². The first-order chi connectivity index (χ1) is 9.36. The molecule has 0 aliphatic heterocycles. The molecule has 1 aliphatic carbocycles. The van der Waals surface area contributed by atoms with E-state index in [9.17, 15) is 4.79 Å². The van der Waals surface area contributed by atoms with E-state index in [1.54, 1.807) is 0 Å². The minimum absolute atomic E-state index is 0.270. The van der Waals surface area contributed by atoms with E-state index in [-0.39, 0.29) is 5.92 Å². The van der Waals surface area contributed by atoms with E-state index in [1.165, 1.54) is 12.8 Å². The average molecular weight is 302 g/mol. The molecule has 0 heterocycles. The van der Waals surface area contributed by atoms with Crippen LogP contribution in [0, 0.1) is 17.3 Å². The van der Waals surface area contributed by atoms with Crippen LogP contribution in [-0.4, -0.2) is 30.3 Å². The molecular formula is C17H32ClNO. The first-order valence-electron chi connectivity index (χ1n) is 8.17. The molecule has 0 spiro atoms. The molecule has 0 bridgehead atoms. The maximum Gasteiger partial charge on any atom is 0.225 e. The summed E-state index contributed by atoms with van der Waals surface area (Å²) in [5, 5.41) is 0. The predicted molar refractivity (Wildman–Crippen MR) is 87.1 cm³/mol. The topological polar surface area (TPSA) is 20.3 Å². The first-order valence-corrected chi connectivity index (χ1v) is 8.70. The largest absolute Gasteiger partial charge is 0.346 e. The van der Waals surface area contributed by atoms with Gasteiger partial charge in [-0.25, -0.2) is 0 Å². The third-order valence-electron chi connectivity index (χ3n) is 4.80. The minimum atomic E-state index is 0.270. The van der Waals surface area contributed by atoms with Gasteiger partial charge in [-0.3, -0.25) is 4.79 Å². The van der Waals surface area contributed by atoms with Crippen molar-refractivity contribution in [2.75, 3.05) is 19.5 Å². The molecule has 0 aromatic rings. The summed E-state index contributed by atoms with van der Waals surface area (Å²) < 4.78 is 0. The van der Waals surface area contributed by atoms with Crippen molar-refractivity contribution < 1.29 is 4.79 Å². The van der Waals surface area contributed by atoms with Crippen molar-refractivity contribution in [1.29, 1.82) is 0 Å². The van der Waals surface area contributed by atoms with Gasteiger partial charge in [-0.1, -0.05) is 27.2 Å². The molecule has 0 atom stereocenters.